The van der Waals surface area contributed by atoms with Crippen LogP contribution in [0.15, 0.2) is 71.1 Å². The van der Waals surface area contributed by atoms with Gasteiger partial charge >= 0.3 is 10.1 Å². The number of carbonyl (C=O) groups is 2. The van der Waals surface area contributed by atoms with Gasteiger partial charge in [-0.2, -0.15) is 13.7 Å². The van der Waals surface area contributed by atoms with Gasteiger partial charge < -0.3 is 19.6 Å². The summed E-state index contributed by atoms with van der Waals surface area (Å²) < 4.78 is 36.1. The molecule has 0 aromatic heterocycles. The van der Waals surface area contributed by atoms with Crippen LogP contribution >= 0.6 is 11.6 Å². The van der Waals surface area contributed by atoms with Crippen molar-refractivity contribution in [1.29, 1.82) is 5.26 Å². The summed E-state index contributed by atoms with van der Waals surface area (Å²) in [5, 5.41) is 25.4. The number of amides is 2. The highest BCUT2D eigenvalue weighted by atomic mass is 35.5. The standard InChI is InChI=1S/C25H19ClN4O8S/c1-15(31)28-18-4-7-20(8-5-18)39(35,36)38-24-12-16(3-10-23(24)37-2)11-17(14-27)25(32)29-19-6-9-21(26)22(13-19)30(33)34/h3-13H,1-2H3,(H,28,31)(H,29,32)/b17-11+. The maximum atomic E-state index is 12.8. The summed E-state index contributed by atoms with van der Waals surface area (Å²) in [6, 6.07) is 14.7. The van der Waals surface area contributed by atoms with E-state index in [9.17, 15) is 33.4 Å². The summed E-state index contributed by atoms with van der Waals surface area (Å²) in [5.74, 6) is -1.36. The summed E-state index contributed by atoms with van der Waals surface area (Å²) >= 11 is 5.78. The Morgan fingerprint density at radius 2 is 1.69 bits per heavy atom. The average molecular weight is 571 g/mol. The largest absolute Gasteiger partial charge is 0.493 e. The lowest BCUT2D eigenvalue weighted by Gasteiger charge is -2.12. The first-order valence-corrected chi connectivity index (χ1v) is 12.6. The SMILES string of the molecule is COc1ccc(/C=C(\C#N)C(=O)Nc2ccc(Cl)c([N+](=O)[O-])c2)cc1OS(=O)(=O)c1ccc(NC(C)=O)cc1. The van der Waals surface area contributed by atoms with Gasteiger partial charge in [-0.25, -0.2) is 0 Å². The minimum absolute atomic E-state index is 0.0339. The van der Waals surface area contributed by atoms with Crippen molar-refractivity contribution in [3.8, 4) is 17.6 Å². The number of nitrogens with zero attached hydrogens (tertiary/aromatic N) is 2. The van der Waals surface area contributed by atoms with Gasteiger partial charge in [-0.1, -0.05) is 17.7 Å². The van der Waals surface area contributed by atoms with E-state index >= 15 is 0 Å². The molecule has 0 radical (unpaired) electrons. The van der Waals surface area contributed by atoms with Crippen molar-refractivity contribution in [2.45, 2.75) is 11.8 Å². The van der Waals surface area contributed by atoms with Crippen molar-refractivity contribution >= 4 is 56.7 Å². The number of methoxy groups -OCH3 is 1. The number of anilines is 2. The normalized spacial score (nSPS) is 11.2. The van der Waals surface area contributed by atoms with Gasteiger partial charge in [0.1, 0.15) is 21.6 Å². The molecule has 0 aliphatic rings. The number of benzene rings is 3. The van der Waals surface area contributed by atoms with E-state index < -0.39 is 26.6 Å². The van der Waals surface area contributed by atoms with Crippen LogP contribution < -0.4 is 19.6 Å². The zero-order chi connectivity index (χ0) is 28.7. The highest BCUT2D eigenvalue weighted by molar-refractivity contribution is 7.87. The predicted molar refractivity (Wildman–Crippen MR) is 142 cm³/mol. The van der Waals surface area contributed by atoms with Crippen molar-refractivity contribution in [3.05, 3.63) is 86.9 Å². The number of rotatable bonds is 9. The van der Waals surface area contributed by atoms with Crippen LogP contribution in [0.3, 0.4) is 0 Å². The molecule has 0 aliphatic heterocycles. The lowest BCUT2D eigenvalue weighted by atomic mass is 10.1. The minimum Gasteiger partial charge on any atom is -0.493 e. The molecule has 0 spiro atoms. The molecule has 200 valence electrons. The Hall–Kier alpha value is -4.93. The minimum atomic E-state index is -4.34. The fourth-order valence-corrected chi connectivity index (χ4v) is 4.29. The van der Waals surface area contributed by atoms with E-state index in [-0.39, 0.29) is 44.1 Å². The second-order valence-electron chi connectivity index (χ2n) is 7.70. The molecule has 0 unspecified atom stereocenters. The first-order valence-electron chi connectivity index (χ1n) is 10.8. The van der Waals surface area contributed by atoms with Crippen LogP contribution in [0.25, 0.3) is 6.08 Å². The molecule has 3 rings (SSSR count). The van der Waals surface area contributed by atoms with Crippen molar-refractivity contribution < 1.29 is 31.9 Å². The second kappa shape index (κ2) is 12.1. The van der Waals surface area contributed by atoms with Gasteiger partial charge in [0.05, 0.1) is 12.0 Å². The Kier molecular flexibility index (Phi) is 8.87. The molecular weight excluding hydrogens is 552 g/mol. The van der Waals surface area contributed by atoms with Crippen LogP contribution in [-0.4, -0.2) is 32.3 Å². The average Bonchev–Trinajstić information content (AvgIpc) is 2.88. The van der Waals surface area contributed by atoms with Crippen molar-refractivity contribution in [2.24, 2.45) is 0 Å². The third kappa shape index (κ3) is 7.31. The molecule has 0 heterocycles. The fraction of sp³-hybridized carbons (Fsp3) is 0.0800. The van der Waals surface area contributed by atoms with Gasteiger partial charge in [-0.05, 0) is 60.2 Å². The van der Waals surface area contributed by atoms with E-state index in [0.717, 1.165) is 6.07 Å². The molecule has 0 aliphatic carbocycles. The quantitative estimate of drug-likeness (QED) is 0.123. The molecule has 3 aromatic carbocycles. The number of nitrogens with one attached hydrogen (secondary N) is 2. The summed E-state index contributed by atoms with van der Waals surface area (Å²) in [4.78, 5) is 34.0. The Morgan fingerprint density at radius 3 is 2.28 bits per heavy atom. The first-order chi connectivity index (χ1) is 18.4. The van der Waals surface area contributed by atoms with Gasteiger partial charge in [-0.3, -0.25) is 19.7 Å². The number of hydrogen-bond acceptors (Lipinski definition) is 9. The number of hydrogen-bond donors (Lipinski definition) is 2. The third-order valence-corrected chi connectivity index (χ3v) is 6.50. The molecule has 0 saturated carbocycles. The van der Waals surface area contributed by atoms with Gasteiger partial charge in [0.25, 0.3) is 11.6 Å². The zero-order valence-electron chi connectivity index (χ0n) is 20.3. The highest BCUT2D eigenvalue weighted by Crippen LogP contribution is 2.32. The predicted octanol–water partition coefficient (Wildman–Crippen LogP) is 4.53. The lowest BCUT2D eigenvalue weighted by Crippen LogP contribution is -2.13. The monoisotopic (exact) mass is 570 g/mol. The summed E-state index contributed by atoms with van der Waals surface area (Å²) in [6.45, 7) is 1.31. The van der Waals surface area contributed by atoms with Crippen LogP contribution in [0.2, 0.25) is 5.02 Å². The number of carbonyl (C=O) groups excluding carboxylic acids is 2. The lowest BCUT2D eigenvalue weighted by molar-refractivity contribution is -0.384. The molecule has 2 amide bonds. The Bertz CT molecular complexity index is 1630. The van der Waals surface area contributed by atoms with Crippen molar-refractivity contribution in [1.82, 2.24) is 0 Å². The van der Waals surface area contributed by atoms with Crippen LogP contribution in [-0.2, 0) is 19.7 Å². The van der Waals surface area contributed by atoms with Crippen LogP contribution in [0.1, 0.15) is 12.5 Å². The molecule has 14 heteroatoms. The van der Waals surface area contributed by atoms with Crippen molar-refractivity contribution in [3.63, 3.8) is 0 Å². The topological polar surface area (TPSA) is 178 Å². The second-order valence-corrected chi connectivity index (χ2v) is 9.65. The maximum absolute atomic E-state index is 12.8. The van der Waals surface area contributed by atoms with E-state index in [1.807, 2.05) is 0 Å². The van der Waals surface area contributed by atoms with E-state index in [1.54, 1.807) is 6.07 Å². The molecule has 0 saturated heterocycles. The zero-order valence-corrected chi connectivity index (χ0v) is 21.9. The molecule has 12 nitrogen and oxygen atoms in total. The van der Waals surface area contributed by atoms with E-state index in [1.165, 1.54) is 74.7 Å². The van der Waals surface area contributed by atoms with Crippen LogP contribution in [0, 0.1) is 21.4 Å². The Balaban J connectivity index is 1.87. The number of nitro benzene ring substituents is 1. The van der Waals surface area contributed by atoms with E-state index in [4.69, 9.17) is 20.5 Å². The van der Waals surface area contributed by atoms with Crippen LogP contribution in [0.5, 0.6) is 11.5 Å². The van der Waals surface area contributed by atoms with Gasteiger partial charge in [-0.15, -0.1) is 0 Å². The molecular formula is C25H19ClN4O8S. The molecule has 39 heavy (non-hydrogen) atoms. The number of nitro groups is 1. The van der Waals surface area contributed by atoms with Gasteiger partial charge in [0, 0.05) is 24.4 Å². The summed E-state index contributed by atoms with van der Waals surface area (Å²) in [7, 11) is -3.04. The van der Waals surface area contributed by atoms with Crippen molar-refractivity contribution in [2.75, 3.05) is 17.7 Å². The van der Waals surface area contributed by atoms with Crippen LogP contribution in [0.4, 0.5) is 17.1 Å². The third-order valence-electron chi connectivity index (χ3n) is 4.93. The number of ether oxygens (including phenoxy) is 1. The van der Waals surface area contributed by atoms with Gasteiger partial charge in [0.2, 0.25) is 5.91 Å². The number of nitriles is 1. The highest BCUT2D eigenvalue weighted by Gasteiger charge is 2.20. The Morgan fingerprint density at radius 1 is 1.03 bits per heavy atom. The molecule has 0 bridgehead atoms. The fourth-order valence-electron chi connectivity index (χ4n) is 3.17. The first kappa shape index (κ1) is 28.6. The summed E-state index contributed by atoms with van der Waals surface area (Å²) in [6.07, 6.45) is 1.17. The maximum Gasteiger partial charge on any atom is 0.339 e. The van der Waals surface area contributed by atoms with E-state index in [0.29, 0.717) is 5.69 Å². The molecule has 2 N–H and O–H groups in total. The number of halogens is 1. The summed E-state index contributed by atoms with van der Waals surface area (Å²) in [5.41, 5.74) is -0.177. The molecule has 0 fully saturated rings. The Labute approximate surface area is 227 Å². The smallest absolute Gasteiger partial charge is 0.339 e. The molecule has 3 aromatic rings. The van der Waals surface area contributed by atoms with Gasteiger partial charge in [0.15, 0.2) is 11.5 Å². The van der Waals surface area contributed by atoms with E-state index in [2.05, 4.69) is 10.6 Å². The molecule has 0 atom stereocenters.